The number of hydrogen-bond donors (Lipinski definition) is 1. The molecule has 0 aromatic heterocycles. The van der Waals surface area contributed by atoms with Gasteiger partial charge in [0.25, 0.3) is 0 Å². The summed E-state index contributed by atoms with van der Waals surface area (Å²) < 4.78 is 5.07. The Morgan fingerprint density at radius 1 is 1.14 bits per heavy atom. The van der Waals surface area contributed by atoms with E-state index in [0.29, 0.717) is 32.2 Å². The molecule has 1 aliphatic carbocycles. The van der Waals surface area contributed by atoms with E-state index in [0.717, 1.165) is 32.1 Å². The van der Waals surface area contributed by atoms with Gasteiger partial charge in [0.2, 0.25) is 5.91 Å². The molecule has 2 N–H and O–H groups in total. The summed E-state index contributed by atoms with van der Waals surface area (Å²) in [7, 11) is 0. The lowest BCUT2D eigenvalue weighted by molar-refractivity contribution is -0.152. The van der Waals surface area contributed by atoms with Crippen molar-refractivity contribution in [2.75, 3.05) is 26.2 Å². The second-order valence-electron chi connectivity index (χ2n) is 6.24. The fourth-order valence-electron chi connectivity index (χ4n) is 3.65. The van der Waals surface area contributed by atoms with Crippen molar-refractivity contribution < 1.29 is 14.3 Å². The van der Waals surface area contributed by atoms with Crippen molar-refractivity contribution in [2.45, 2.75) is 45.4 Å². The molecule has 120 valence electrons. The van der Waals surface area contributed by atoms with E-state index in [9.17, 15) is 9.59 Å². The Morgan fingerprint density at radius 2 is 1.81 bits per heavy atom. The van der Waals surface area contributed by atoms with Crippen molar-refractivity contribution in [1.82, 2.24) is 4.90 Å². The third-order valence-corrected chi connectivity index (χ3v) is 4.96. The Bertz CT molecular complexity index is 365. The van der Waals surface area contributed by atoms with Crippen molar-refractivity contribution in [1.29, 1.82) is 0 Å². The standard InChI is InChI=1S/C16H28N2O3/c1-2-21-16(20)12-7-9-18(10-8-12)15(19)14-6-4-3-5-13(14)11-17/h12-14H,2-11,17H2,1H3. The van der Waals surface area contributed by atoms with Gasteiger partial charge in [-0.05, 0) is 45.1 Å². The minimum Gasteiger partial charge on any atom is -0.466 e. The van der Waals surface area contributed by atoms with E-state index in [2.05, 4.69) is 0 Å². The summed E-state index contributed by atoms with van der Waals surface area (Å²) in [6.45, 7) is 4.22. The fraction of sp³-hybridized carbons (Fsp3) is 0.875. The highest BCUT2D eigenvalue weighted by Gasteiger charge is 2.35. The van der Waals surface area contributed by atoms with E-state index in [4.69, 9.17) is 10.5 Å². The topological polar surface area (TPSA) is 72.6 Å². The summed E-state index contributed by atoms with van der Waals surface area (Å²) >= 11 is 0. The van der Waals surface area contributed by atoms with E-state index in [-0.39, 0.29) is 23.7 Å². The Morgan fingerprint density at radius 3 is 2.43 bits per heavy atom. The molecule has 2 atom stereocenters. The molecule has 1 saturated heterocycles. The summed E-state index contributed by atoms with van der Waals surface area (Å²) in [5.74, 6) is 0.553. The third kappa shape index (κ3) is 3.96. The second-order valence-corrected chi connectivity index (χ2v) is 6.24. The van der Waals surface area contributed by atoms with Gasteiger partial charge in [-0.2, -0.15) is 0 Å². The first-order valence-electron chi connectivity index (χ1n) is 8.32. The molecule has 0 bridgehead atoms. The van der Waals surface area contributed by atoms with Crippen molar-refractivity contribution in [3.8, 4) is 0 Å². The molecule has 21 heavy (non-hydrogen) atoms. The first kappa shape index (κ1) is 16.3. The lowest BCUT2D eigenvalue weighted by Crippen LogP contribution is -2.46. The van der Waals surface area contributed by atoms with Gasteiger partial charge >= 0.3 is 5.97 Å². The van der Waals surface area contributed by atoms with Crippen LogP contribution in [0.25, 0.3) is 0 Å². The lowest BCUT2D eigenvalue weighted by atomic mass is 9.78. The number of hydrogen-bond acceptors (Lipinski definition) is 4. The van der Waals surface area contributed by atoms with Gasteiger partial charge in [-0.3, -0.25) is 9.59 Å². The zero-order valence-corrected chi connectivity index (χ0v) is 13.1. The molecule has 1 heterocycles. The van der Waals surface area contributed by atoms with E-state index in [1.54, 1.807) is 0 Å². The van der Waals surface area contributed by atoms with E-state index >= 15 is 0 Å². The molecule has 1 aliphatic heterocycles. The van der Waals surface area contributed by atoms with Crippen LogP contribution in [0.1, 0.15) is 45.4 Å². The minimum absolute atomic E-state index is 0.0364. The molecule has 0 aromatic carbocycles. The maximum absolute atomic E-state index is 12.7. The molecule has 0 spiro atoms. The van der Waals surface area contributed by atoms with E-state index < -0.39 is 0 Å². The number of carbonyl (C=O) groups excluding carboxylic acids is 2. The van der Waals surface area contributed by atoms with Crippen LogP contribution in [0.4, 0.5) is 0 Å². The van der Waals surface area contributed by atoms with Crippen LogP contribution in [0, 0.1) is 17.8 Å². The average molecular weight is 296 g/mol. The third-order valence-electron chi connectivity index (χ3n) is 4.96. The summed E-state index contributed by atoms with van der Waals surface area (Å²) in [6.07, 6.45) is 5.82. The van der Waals surface area contributed by atoms with E-state index in [1.165, 1.54) is 6.42 Å². The first-order chi connectivity index (χ1) is 10.2. The summed E-state index contributed by atoms with van der Waals surface area (Å²) in [4.78, 5) is 26.4. The van der Waals surface area contributed by atoms with Gasteiger partial charge in [0.05, 0.1) is 12.5 Å². The highest BCUT2D eigenvalue weighted by atomic mass is 16.5. The predicted molar refractivity (Wildman–Crippen MR) is 80.4 cm³/mol. The van der Waals surface area contributed by atoms with Gasteiger partial charge < -0.3 is 15.4 Å². The molecule has 5 heteroatoms. The van der Waals surface area contributed by atoms with Gasteiger partial charge in [0.15, 0.2) is 0 Å². The Balaban J connectivity index is 1.86. The van der Waals surface area contributed by atoms with Gasteiger partial charge in [0, 0.05) is 19.0 Å². The quantitative estimate of drug-likeness (QED) is 0.799. The van der Waals surface area contributed by atoms with Crippen LogP contribution in [-0.4, -0.2) is 43.0 Å². The van der Waals surface area contributed by atoms with Gasteiger partial charge in [0.1, 0.15) is 0 Å². The molecule has 5 nitrogen and oxygen atoms in total. The Kier molecular flexibility index (Phi) is 6.03. The van der Waals surface area contributed by atoms with Crippen LogP contribution >= 0.6 is 0 Å². The Hall–Kier alpha value is -1.10. The van der Waals surface area contributed by atoms with Gasteiger partial charge in [-0.1, -0.05) is 12.8 Å². The molecular formula is C16H28N2O3. The number of esters is 1. The largest absolute Gasteiger partial charge is 0.466 e. The number of rotatable bonds is 4. The van der Waals surface area contributed by atoms with E-state index in [1.807, 2.05) is 11.8 Å². The number of likely N-dealkylation sites (tertiary alicyclic amines) is 1. The molecular weight excluding hydrogens is 268 g/mol. The van der Waals surface area contributed by atoms with Crippen LogP contribution in [-0.2, 0) is 14.3 Å². The zero-order chi connectivity index (χ0) is 15.2. The van der Waals surface area contributed by atoms with Gasteiger partial charge in [-0.15, -0.1) is 0 Å². The monoisotopic (exact) mass is 296 g/mol. The minimum atomic E-state index is -0.109. The number of ether oxygens (including phenoxy) is 1. The van der Waals surface area contributed by atoms with Crippen molar-refractivity contribution in [2.24, 2.45) is 23.5 Å². The number of nitrogens with zero attached hydrogens (tertiary/aromatic N) is 1. The highest BCUT2D eigenvalue weighted by Crippen LogP contribution is 2.32. The summed E-state index contributed by atoms with van der Waals surface area (Å²) in [5.41, 5.74) is 5.82. The molecule has 1 amide bonds. The smallest absolute Gasteiger partial charge is 0.309 e. The first-order valence-corrected chi connectivity index (χ1v) is 8.32. The fourth-order valence-corrected chi connectivity index (χ4v) is 3.65. The van der Waals surface area contributed by atoms with Crippen molar-refractivity contribution in [3.05, 3.63) is 0 Å². The molecule has 2 fully saturated rings. The predicted octanol–water partition coefficient (Wildman–Crippen LogP) is 1.55. The SMILES string of the molecule is CCOC(=O)C1CCN(C(=O)C2CCCCC2CN)CC1. The molecule has 0 radical (unpaired) electrons. The normalized spacial score (nSPS) is 27.4. The highest BCUT2D eigenvalue weighted by molar-refractivity contribution is 5.80. The number of amides is 1. The molecule has 2 aliphatic rings. The molecule has 1 saturated carbocycles. The maximum atomic E-state index is 12.7. The van der Waals surface area contributed by atoms with Gasteiger partial charge in [-0.25, -0.2) is 0 Å². The van der Waals surface area contributed by atoms with Crippen LogP contribution in [0.15, 0.2) is 0 Å². The van der Waals surface area contributed by atoms with Crippen molar-refractivity contribution >= 4 is 11.9 Å². The van der Waals surface area contributed by atoms with Crippen LogP contribution in [0.5, 0.6) is 0 Å². The number of piperidine rings is 1. The average Bonchev–Trinajstić information content (AvgIpc) is 2.54. The van der Waals surface area contributed by atoms with Crippen LogP contribution in [0.2, 0.25) is 0 Å². The number of carbonyl (C=O) groups is 2. The molecule has 0 aromatic rings. The second kappa shape index (κ2) is 7.78. The summed E-state index contributed by atoms with van der Waals surface area (Å²) in [6, 6.07) is 0. The Labute approximate surface area is 127 Å². The number of nitrogens with two attached hydrogens (primary N) is 1. The lowest BCUT2D eigenvalue weighted by Gasteiger charge is -2.37. The maximum Gasteiger partial charge on any atom is 0.309 e. The molecule has 2 unspecified atom stereocenters. The summed E-state index contributed by atoms with van der Waals surface area (Å²) in [5, 5.41) is 0. The van der Waals surface area contributed by atoms with Crippen LogP contribution < -0.4 is 5.73 Å². The van der Waals surface area contributed by atoms with Crippen molar-refractivity contribution in [3.63, 3.8) is 0 Å². The zero-order valence-electron chi connectivity index (χ0n) is 13.1. The van der Waals surface area contributed by atoms with Crippen LogP contribution in [0.3, 0.4) is 0 Å². The molecule has 2 rings (SSSR count).